The van der Waals surface area contributed by atoms with Gasteiger partial charge in [0.05, 0.1) is 6.61 Å². The van der Waals surface area contributed by atoms with Gasteiger partial charge in [-0.1, -0.05) is 12.8 Å². The Kier molecular flexibility index (Phi) is 1.63. The predicted molar refractivity (Wildman–Crippen MR) is 49.8 cm³/mol. The molecule has 1 heterocycles. The van der Waals surface area contributed by atoms with Gasteiger partial charge in [-0.2, -0.15) is 0 Å². The normalized spacial score (nSPS) is 50.9. The number of ether oxygens (including phenoxy) is 1. The maximum Gasteiger partial charge on any atom is 0.164 e. The number of aliphatic hydroxyl groups excluding tert-OH is 1. The molecule has 1 aliphatic heterocycles. The van der Waals surface area contributed by atoms with Crippen molar-refractivity contribution in [3.8, 4) is 0 Å². The minimum Gasteiger partial charge on any atom is -0.396 e. The lowest BCUT2D eigenvalue weighted by Crippen LogP contribution is -2.50. The highest BCUT2D eigenvalue weighted by molar-refractivity contribution is 5.88. The highest BCUT2D eigenvalue weighted by Crippen LogP contribution is 2.63. The first kappa shape index (κ1) is 8.86. The summed E-state index contributed by atoms with van der Waals surface area (Å²) in [6, 6.07) is 0. The quantitative estimate of drug-likeness (QED) is 0.637. The number of Topliss-reactive ketones (excluding diaryl/α,β-unsaturated/α-hetero) is 1. The first-order valence-corrected chi connectivity index (χ1v) is 5.56. The summed E-state index contributed by atoms with van der Waals surface area (Å²) in [4.78, 5) is 11.5. The number of carbonyl (C=O) groups is 1. The van der Waals surface area contributed by atoms with Crippen molar-refractivity contribution in [3.63, 3.8) is 0 Å². The van der Waals surface area contributed by atoms with Gasteiger partial charge in [-0.15, -0.1) is 0 Å². The molecule has 2 saturated carbocycles. The van der Waals surface area contributed by atoms with E-state index in [4.69, 9.17) is 4.74 Å². The molecule has 0 aromatic carbocycles. The van der Waals surface area contributed by atoms with Gasteiger partial charge in [-0.3, -0.25) is 4.79 Å². The second-order valence-corrected chi connectivity index (χ2v) is 5.00. The molecular formula is C11H16O3. The number of rotatable bonds is 1. The van der Waals surface area contributed by atoms with Crippen LogP contribution in [0.2, 0.25) is 0 Å². The van der Waals surface area contributed by atoms with Crippen molar-refractivity contribution in [1.29, 1.82) is 0 Å². The zero-order valence-corrected chi connectivity index (χ0v) is 8.29. The van der Waals surface area contributed by atoms with E-state index in [1.165, 1.54) is 6.42 Å². The topological polar surface area (TPSA) is 49.8 Å². The lowest BCUT2D eigenvalue weighted by atomic mass is 9.59. The van der Waals surface area contributed by atoms with Gasteiger partial charge in [-0.05, 0) is 19.3 Å². The Balaban J connectivity index is 1.97. The molecule has 0 amide bonds. The standard InChI is InChI=1S/C11H16O3/c12-7-10-4-1-2-5-11(10)9(14-11)8(13)3-6-10/h9,12H,1-7H2/t9-,10-,11-/m0/s1. The van der Waals surface area contributed by atoms with E-state index in [1.807, 2.05) is 0 Å². The monoisotopic (exact) mass is 196 g/mol. The van der Waals surface area contributed by atoms with E-state index in [2.05, 4.69) is 0 Å². The summed E-state index contributed by atoms with van der Waals surface area (Å²) < 4.78 is 5.67. The van der Waals surface area contributed by atoms with Crippen LogP contribution in [0, 0.1) is 5.41 Å². The molecule has 0 unspecified atom stereocenters. The van der Waals surface area contributed by atoms with Crippen LogP contribution in [0.15, 0.2) is 0 Å². The first-order valence-electron chi connectivity index (χ1n) is 5.56. The van der Waals surface area contributed by atoms with Crippen molar-refractivity contribution in [2.75, 3.05) is 6.61 Å². The average molecular weight is 196 g/mol. The second-order valence-electron chi connectivity index (χ2n) is 5.00. The molecule has 3 nitrogen and oxygen atoms in total. The highest BCUT2D eigenvalue weighted by Gasteiger charge is 2.73. The van der Waals surface area contributed by atoms with E-state index in [-0.39, 0.29) is 29.5 Å². The van der Waals surface area contributed by atoms with Gasteiger partial charge in [0, 0.05) is 11.8 Å². The fraction of sp³-hybridized carbons (Fsp3) is 0.909. The van der Waals surface area contributed by atoms with Gasteiger partial charge >= 0.3 is 0 Å². The molecule has 0 aromatic heterocycles. The van der Waals surface area contributed by atoms with Gasteiger partial charge in [0.15, 0.2) is 5.78 Å². The van der Waals surface area contributed by atoms with Crippen LogP contribution in [0.5, 0.6) is 0 Å². The minimum atomic E-state index is -0.241. The van der Waals surface area contributed by atoms with E-state index in [0.717, 1.165) is 25.7 Å². The number of hydrogen-bond donors (Lipinski definition) is 1. The van der Waals surface area contributed by atoms with Crippen molar-refractivity contribution >= 4 is 5.78 Å². The highest BCUT2D eigenvalue weighted by atomic mass is 16.6. The first-order chi connectivity index (χ1) is 6.74. The summed E-state index contributed by atoms with van der Waals surface area (Å²) in [6.45, 7) is 0.191. The molecule has 0 aromatic rings. The molecule has 3 fully saturated rings. The number of hydrogen-bond acceptors (Lipinski definition) is 3. The molecule has 2 aliphatic carbocycles. The van der Waals surface area contributed by atoms with E-state index >= 15 is 0 Å². The van der Waals surface area contributed by atoms with Crippen molar-refractivity contribution in [3.05, 3.63) is 0 Å². The second kappa shape index (κ2) is 2.58. The van der Waals surface area contributed by atoms with Crippen LogP contribution in [-0.2, 0) is 9.53 Å². The summed E-state index contributed by atoms with van der Waals surface area (Å²) in [5.41, 5.74) is -0.320. The van der Waals surface area contributed by atoms with Crippen LogP contribution >= 0.6 is 0 Å². The lowest BCUT2D eigenvalue weighted by Gasteiger charge is -2.43. The van der Waals surface area contributed by atoms with Crippen LogP contribution in [0.3, 0.4) is 0 Å². The molecular weight excluding hydrogens is 180 g/mol. The molecule has 3 heteroatoms. The zero-order valence-electron chi connectivity index (χ0n) is 8.29. The molecule has 78 valence electrons. The molecule has 14 heavy (non-hydrogen) atoms. The fourth-order valence-electron chi connectivity index (χ4n) is 3.55. The van der Waals surface area contributed by atoms with Crippen LogP contribution in [0.4, 0.5) is 0 Å². The van der Waals surface area contributed by atoms with E-state index in [1.54, 1.807) is 0 Å². The Morgan fingerprint density at radius 2 is 2.14 bits per heavy atom. The Labute approximate surface area is 83.4 Å². The molecule has 1 spiro atoms. The molecule has 0 radical (unpaired) electrons. The predicted octanol–water partition coefficient (Wildman–Crippen LogP) is 1.04. The molecule has 3 aliphatic rings. The maximum absolute atomic E-state index is 11.5. The van der Waals surface area contributed by atoms with Crippen LogP contribution in [-0.4, -0.2) is 29.2 Å². The Morgan fingerprint density at radius 1 is 1.36 bits per heavy atom. The third-order valence-electron chi connectivity index (χ3n) is 4.49. The minimum absolute atomic E-state index is 0.0795. The van der Waals surface area contributed by atoms with Crippen LogP contribution < -0.4 is 0 Å². The van der Waals surface area contributed by atoms with Crippen molar-refractivity contribution < 1.29 is 14.6 Å². The molecule has 0 bridgehead atoms. The summed E-state index contributed by atoms with van der Waals surface area (Å²) in [5, 5.41) is 9.56. The summed E-state index contributed by atoms with van der Waals surface area (Å²) in [5.74, 6) is 0.260. The Bertz CT molecular complexity index is 288. The number of aliphatic hydroxyl groups is 1. The van der Waals surface area contributed by atoms with Crippen LogP contribution in [0.1, 0.15) is 38.5 Å². The SMILES string of the molecule is O=C1CC[C@]2(CO)CCCC[C@@]23O[C@@H]13. The third-order valence-corrected chi connectivity index (χ3v) is 4.49. The van der Waals surface area contributed by atoms with Crippen LogP contribution in [0.25, 0.3) is 0 Å². The van der Waals surface area contributed by atoms with Gasteiger partial charge in [0.2, 0.25) is 0 Å². The third kappa shape index (κ3) is 0.829. The van der Waals surface area contributed by atoms with E-state index in [9.17, 15) is 9.90 Å². The smallest absolute Gasteiger partial charge is 0.164 e. The van der Waals surface area contributed by atoms with Crippen molar-refractivity contribution in [2.45, 2.75) is 50.2 Å². The van der Waals surface area contributed by atoms with Crippen molar-refractivity contribution in [1.82, 2.24) is 0 Å². The summed E-state index contributed by atoms with van der Waals surface area (Å²) in [7, 11) is 0. The van der Waals surface area contributed by atoms with Gasteiger partial charge in [-0.25, -0.2) is 0 Å². The van der Waals surface area contributed by atoms with Gasteiger partial charge < -0.3 is 9.84 Å². The summed E-state index contributed by atoms with van der Waals surface area (Å²) >= 11 is 0. The van der Waals surface area contributed by atoms with E-state index < -0.39 is 0 Å². The Morgan fingerprint density at radius 3 is 2.93 bits per heavy atom. The maximum atomic E-state index is 11.5. The molecule has 3 rings (SSSR count). The van der Waals surface area contributed by atoms with Gasteiger partial charge in [0.1, 0.15) is 11.7 Å². The van der Waals surface area contributed by atoms with Gasteiger partial charge in [0.25, 0.3) is 0 Å². The number of carbonyl (C=O) groups excluding carboxylic acids is 1. The largest absolute Gasteiger partial charge is 0.396 e. The Hall–Kier alpha value is -0.410. The average Bonchev–Trinajstić information content (AvgIpc) is 2.94. The molecule has 3 atom stereocenters. The molecule has 1 saturated heterocycles. The number of ketones is 1. The summed E-state index contributed by atoms with van der Waals surface area (Å²) in [6.07, 6.45) is 5.60. The lowest BCUT2D eigenvalue weighted by molar-refractivity contribution is -0.123. The fourth-order valence-corrected chi connectivity index (χ4v) is 3.55. The van der Waals surface area contributed by atoms with Crippen molar-refractivity contribution in [2.24, 2.45) is 5.41 Å². The molecule has 1 N–H and O–H groups in total. The van der Waals surface area contributed by atoms with E-state index in [0.29, 0.717) is 6.42 Å². The zero-order chi connectivity index (χ0) is 9.81. The number of epoxide rings is 1.